The molecule has 1 fully saturated rings. The van der Waals surface area contributed by atoms with Gasteiger partial charge in [-0.2, -0.15) is 5.10 Å². The molecule has 3 heterocycles. The second kappa shape index (κ2) is 10.6. The zero-order valence-corrected chi connectivity index (χ0v) is 19.9. The molecule has 2 aromatic rings. The summed E-state index contributed by atoms with van der Waals surface area (Å²) in [4.78, 5) is 14.1. The molecule has 31 heavy (non-hydrogen) atoms. The van der Waals surface area contributed by atoms with Gasteiger partial charge in [-0.3, -0.25) is 4.68 Å². The number of hydrogen-bond donors (Lipinski definition) is 2. The first kappa shape index (κ1) is 23.1. The van der Waals surface area contributed by atoms with Crippen LogP contribution in [-0.2, 0) is 20.0 Å². The molecule has 3 rings (SSSR count). The Balaban J connectivity index is 1.63. The summed E-state index contributed by atoms with van der Waals surface area (Å²) >= 11 is 0. The number of rotatable bonds is 7. The maximum Gasteiger partial charge on any atom is 0.191 e. The van der Waals surface area contributed by atoms with Crippen molar-refractivity contribution in [3.05, 3.63) is 40.8 Å². The summed E-state index contributed by atoms with van der Waals surface area (Å²) in [6, 6.07) is 4.47. The Bertz CT molecular complexity index is 880. The molecule has 8 heteroatoms. The standard InChI is InChI=1S/C23H38N8/c1-7-24-23(27-17(2)14-21-18(3)28-30(6)19(21)4)26-16-20-8-9-25-22(15-20)31-12-10-29(5)11-13-31/h8-9,15,17H,7,10-14,16H2,1-6H3,(H2,24,26,27). The summed E-state index contributed by atoms with van der Waals surface area (Å²) < 4.78 is 1.96. The lowest BCUT2D eigenvalue weighted by Gasteiger charge is -2.33. The van der Waals surface area contributed by atoms with Gasteiger partial charge in [0.05, 0.1) is 12.2 Å². The summed E-state index contributed by atoms with van der Waals surface area (Å²) in [5.41, 5.74) is 4.81. The Hall–Kier alpha value is -2.61. The normalized spacial score (nSPS) is 16.5. The molecular weight excluding hydrogens is 388 g/mol. The Labute approximate surface area is 186 Å². The van der Waals surface area contributed by atoms with Crippen LogP contribution in [0.1, 0.15) is 36.4 Å². The van der Waals surface area contributed by atoms with E-state index in [1.165, 1.54) is 16.8 Å². The molecule has 1 aliphatic heterocycles. The number of aliphatic imine (C=N–C) groups is 1. The van der Waals surface area contributed by atoms with Gasteiger partial charge in [-0.25, -0.2) is 9.98 Å². The molecule has 0 radical (unpaired) electrons. The van der Waals surface area contributed by atoms with Gasteiger partial charge in [0.15, 0.2) is 5.96 Å². The third-order valence-electron chi connectivity index (χ3n) is 5.95. The number of aromatic nitrogens is 3. The van der Waals surface area contributed by atoms with Crippen molar-refractivity contribution in [1.29, 1.82) is 0 Å². The number of nitrogens with zero attached hydrogens (tertiary/aromatic N) is 6. The minimum absolute atomic E-state index is 0.248. The fourth-order valence-corrected chi connectivity index (χ4v) is 3.96. The second-order valence-corrected chi connectivity index (χ2v) is 8.53. The van der Waals surface area contributed by atoms with Gasteiger partial charge in [-0.15, -0.1) is 0 Å². The fraction of sp³-hybridized carbons (Fsp3) is 0.609. The maximum absolute atomic E-state index is 4.83. The van der Waals surface area contributed by atoms with Crippen LogP contribution >= 0.6 is 0 Å². The van der Waals surface area contributed by atoms with E-state index in [9.17, 15) is 0 Å². The van der Waals surface area contributed by atoms with Crippen LogP contribution in [0.15, 0.2) is 23.3 Å². The number of nitrogens with one attached hydrogen (secondary N) is 2. The van der Waals surface area contributed by atoms with Gasteiger partial charge in [0.2, 0.25) is 0 Å². The number of hydrogen-bond acceptors (Lipinski definition) is 5. The molecule has 0 bridgehead atoms. The predicted octanol–water partition coefficient (Wildman–Crippen LogP) is 1.87. The van der Waals surface area contributed by atoms with Crippen LogP contribution in [-0.4, -0.2) is 71.4 Å². The van der Waals surface area contributed by atoms with Gasteiger partial charge in [-0.05, 0) is 64.4 Å². The highest BCUT2D eigenvalue weighted by Gasteiger charge is 2.16. The van der Waals surface area contributed by atoms with E-state index in [1.807, 2.05) is 17.9 Å². The predicted molar refractivity (Wildman–Crippen MR) is 128 cm³/mol. The zero-order valence-electron chi connectivity index (χ0n) is 19.9. The molecule has 1 unspecified atom stereocenters. The minimum atomic E-state index is 0.248. The highest BCUT2D eigenvalue weighted by Crippen LogP contribution is 2.16. The van der Waals surface area contributed by atoms with Crippen molar-refractivity contribution in [2.75, 3.05) is 44.7 Å². The van der Waals surface area contributed by atoms with Crippen molar-refractivity contribution in [2.24, 2.45) is 12.0 Å². The highest BCUT2D eigenvalue weighted by atomic mass is 15.3. The summed E-state index contributed by atoms with van der Waals surface area (Å²) in [7, 11) is 4.17. The Morgan fingerprint density at radius 2 is 1.94 bits per heavy atom. The average Bonchev–Trinajstić information content (AvgIpc) is 2.99. The van der Waals surface area contributed by atoms with E-state index in [1.54, 1.807) is 0 Å². The molecule has 0 spiro atoms. The van der Waals surface area contributed by atoms with Gasteiger partial charge in [0.1, 0.15) is 5.82 Å². The van der Waals surface area contributed by atoms with E-state index in [0.29, 0.717) is 6.54 Å². The lowest BCUT2D eigenvalue weighted by atomic mass is 10.1. The Morgan fingerprint density at radius 1 is 1.19 bits per heavy atom. The van der Waals surface area contributed by atoms with Crippen LogP contribution in [0, 0.1) is 13.8 Å². The van der Waals surface area contributed by atoms with Crippen LogP contribution < -0.4 is 15.5 Å². The minimum Gasteiger partial charge on any atom is -0.357 e. The number of aryl methyl sites for hydroxylation is 2. The SMILES string of the molecule is CCNC(=NCc1ccnc(N2CCN(C)CC2)c1)NC(C)Cc1c(C)nn(C)c1C. The highest BCUT2D eigenvalue weighted by molar-refractivity contribution is 5.80. The number of anilines is 1. The number of guanidine groups is 1. The maximum atomic E-state index is 4.83. The van der Waals surface area contributed by atoms with Gasteiger partial charge in [0.25, 0.3) is 0 Å². The lowest BCUT2D eigenvalue weighted by molar-refractivity contribution is 0.312. The summed E-state index contributed by atoms with van der Waals surface area (Å²) in [5.74, 6) is 1.89. The molecular formula is C23H38N8. The largest absolute Gasteiger partial charge is 0.357 e. The molecule has 2 aromatic heterocycles. The van der Waals surface area contributed by atoms with Gasteiger partial charge in [0, 0.05) is 57.7 Å². The van der Waals surface area contributed by atoms with Crippen LogP contribution in [0.2, 0.25) is 0 Å². The van der Waals surface area contributed by atoms with Gasteiger partial charge >= 0.3 is 0 Å². The molecule has 8 nitrogen and oxygen atoms in total. The van der Waals surface area contributed by atoms with Crippen LogP contribution in [0.4, 0.5) is 5.82 Å². The molecule has 0 aliphatic carbocycles. The fourth-order valence-electron chi connectivity index (χ4n) is 3.96. The third kappa shape index (κ3) is 6.19. The van der Waals surface area contributed by atoms with Gasteiger partial charge < -0.3 is 20.4 Å². The first-order valence-electron chi connectivity index (χ1n) is 11.3. The Morgan fingerprint density at radius 3 is 2.58 bits per heavy atom. The molecule has 1 saturated heterocycles. The quantitative estimate of drug-likeness (QED) is 0.520. The summed E-state index contributed by atoms with van der Waals surface area (Å²) in [6.45, 7) is 14.1. The zero-order chi connectivity index (χ0) is 22.4. The number of pyridine rings is 1. The monoisotopic (exact) mass is 426 g/mol. The molecule has 1 aliphatic rings. The molecule has 170 valence electrons. The molecule has 1 atom stereocenters. The molecule has 0 saturated carbocycles. The first-order valence-corrected chi connectivity index (χ1v) is 11.3. The third-order valence-corrected chi connectivity index (χ3v) is 5.95. The van der Waals surface area contributed by atoms with Crippen LogP contribution in [0.25, 0.3) is 0 Å². The number of piperazine rings is 1. The van der Waals surface area contributed by atoms with Crippen molar-refractivity contribution in [3.8, 4) is 0 Å². The topological polar surface area (TPSA) is 73.6 Å². The van der Waals surface area contributed by atoms with Crippen LogP contribution in [0.3, 0.4) is 0 Å². The second-order valence-electron chi connectivity index (χ2n) is 8.53. The molecule has 0 aromatic carbocycles. The average molecular weight is 427 g/mol. The van der Waals surface area contributed by atoms with Crippen molar-refractivity contribution < 1.29 is 0 Å². The molecule has 0 amide bonds. The summed E-state index contributed by atoms with van der Waals surface area (Å²) in [6.07, 6.45) is 2.81. The van der Waals surface area contributed by atoms with E-state index in [4.69, 9.17) is 4.99 Å². The number of likely N-dealkylation sites (N-methyl/N-ethyl adjacent to an activating group) is 1. The smallest absolute Gasteiger partial charge is 0.191 e. The van der Waals surface area contributed by atoms with E-state index in [0.717, 1.165) is 56.6 Å². The van der Waals surface area contributed by atoms with E-state index >= 15 is 0 Å². The van der Waals surface area contributed by atoms with Crippen molar-refractivity contribution in [1.82, 2.24) is 30.3 Å². The van der Waals surface area contributed by atoms with Crippen molar-refractivity contribution >= 4 is 11.8 Å². The van der Waals surface area contributed by atoms with E-state index in [-0.39, 0.29) is 6.04 Å². The lowest BCUT2D eigenvalue weighted by Crippen LogP contribution is -2.44. The van der Waals surface area contributed by atoms with E-state index < -0.39 is 0 Å². The molecule has 2 N–H and O–H groups in total. The summed E-state index contributed by atoms with van der Waals surface area (Å²) in [5, 5.41) is 11.5. The van der Waals surface area contributed by atoms with Gasteiger partial charge in [-0.1, -0.05) is 0 Å². The van der Waals surface area contributed by atoms with E-state index in [2.05, 4.69) is 77.4 Å². The van der Waals surface area contributed by atoms with Crippen molar-refractivity contribution in [3.63, 3.8) is 0 Å². The first-order chi connectivity index (χ1) is 14.9. The Kier molecular flexibility index (Phi) is 7.90. The van der Waals surface area contributed by atoms with Crippen molar-refractivity contribution in [2.45, 2.75) is 46.7 Å². The van der Waals surface area contributed by atoms with Crippen LogP contribution in [0.5, 0.6) is 0 Å².